The van der Waals surface area contributed by atoms with Crippen molar-refractivity contribution in [3.63, 3.8) is 0 Å². The van der Waals surface area contributed by atoms with Gasteiger partial charge in [-0.15, -0.1) is 10.2 Å². The second-order valence-corrected chi connectivity index (χ2v) is 14.2. The molecule has 15 nitrogen and oxygen atoms in total. The van der Waals surface area contributed by atoms with E-state index >= 15 is 0 Å². The molecule has 1 saturated heterocycles. The van der Waals surface area contributed by atoms with E-state index in [0.717, 1.165) is 19.3 Å². The van der Waals surface area contributed by atoms with Crippen LogP contribution in [0.25, 0.3) is 11.4 Å². The van der Waals surface area contributed by atoms with E-state index in [-0.39, 0.29) is 38.5 Å². The molecule has 3 amide bonds. The van der Waals surface area contributed by atoms with Crippen molar-refractivity contribution in [2.45, 2.75) is 95.0 Å². The van der Waals surface area contributed by atoms with Crippen molar-refractivity contribution < 1.29 is 38.9 Å². The summed E-state index contributed by atoms with van der Waals surface area (Å²) in [4.78, 5) is 56.0. The first-order valence-electron chi connectivity index (χ1n) is 16.2. The Balaban J connectivity index is 1.42. The summed E-state index contributed by atoms with van der Waals surface area (Å²) in [5, 5.41) is 37.6. The number of allylic oxidation sites excluding steroid dienone is 1. The number of rotatable bonds is 7. The van der Waals surface area contributed by atoms with Crippen molar-refractivity contribution >= 4 is 39.8 Å². The maximum Gasteiger partial charge on any atom is 0.408 e. The normalized spacial score (nSPS) is 27.1. The Labute approximate surface area is 286 Å². The monoisotopic (exact) mass is 731 g/mol. The molecule has 1 aromatic heterocycles. The van der Waals surface area contributed by atoms with Crippen LogP contribution in [0.3, 0.4) is 0 Å². The van der Waals surface area contributed by atoms with Crippen LogP contribution in [0.15, 0.2) is 34.8 Å². The summed E-state index contributed by atoms with van der Waals surface area (Å²) in [6.45, 7) is 5.22. The number of carbonyl (C=O) groups is 4. The van der Waals surface area contributed by atoms with Crippen molar-refractivity contribution in [3.05, 3.63) is 34.8 Å². The first-order chi connectivity index (χ1) is 22.8. The third kappa shape index (κ3) is 8.14. The van der Waals surface area contributed by atoms with Crippen LogP contribution in [0.4, 0.5) is 4.79 Å². The van der Waals surface area contributed by atoms with Crippen LogP contribution >= 0.6 is 15.9 Å². The van der Waals surface area contributed by atoms with E-state index in [0.29, 0.717) is 34.5 Å². The molecule has 16 heteroatoms. The summed E-state index contributed by atoms with van der Waals surface area (Å²) >= 11 is 3.45. The van der Waals surface area contributed by atoms with Crippen molar-refractivity contribution in [1.82, 2.24) is 35.7 Å². The summed E-state index contributed by atoms with van der Waals surface area (Å²) in [6.07, 6.45) is 6.73. The van der Waals surface area contributed by atoms with Gasteiger partial charge in [0.1, 0.15) is 35.6 Å². The van der Waals surface area contributed by atoms with E-state index in [2.05, 4.69) is 42.0 Å². The molecule has 1 saturated carbocycles. The zero-order chi connectivity index (χ0) is 34.6. The SMILES string of the molecule is CC(C)(C)OC(=O)N[C@H]1CCCCC/C=C\[C@H]2C[C@@]2(C(=O)O)NC(=O)[C@@H]2C[C@@H](n3nnc(-c4ccc(OCCO)c(Br)c4)n3)CN2C1=O. The number of tetrazole rings is 1. The number of aromatic nitrogens is 4. The molecule has 2 aromatic rings. The molecule has 0 radical (unpaired) electrons. The summed E-state index contributed by atoms with van der Waals surface area (Å²) in [7, 11) is 0. The van der Waals surface area contributed by atoms with Gasteiger partial charge in [0.25, 0.3) is 0 Å². The molecule has 3 aliphatic rings. The molecule has 2 aliphatic heterocycles. The Kier molecular flexibility index (Phi) is 10.7. The average molecular weight is 733 g/mol. The molecule has 2 fully saturated rings. The van der Waals surface area contributed by atoms with Crippen molar-refractivity contribution in [3.8, 4) is 17.1 Å². The molecule has 260 valence electrons. The maximum atomic E-state index is 14.2. The van der Waals surface area contributed by atoms with E-state index in [4.69, 9.17) is 14.6 Å². The minimum atomic E-state index is -1.45. The minimum absolute atomic E-state index is 0.0280. The number of aliphatic hydroxyl groups is 1. The van der Waals surface area contributed by atoms with Crippen LogP contribution in [0, 0.1) is 5.92 Å². The zero-order valence-corrected chi connectivity index (χ0v) is 28.8. The summed E-state index contributed by atoms with van der Waals surface area (Å²) in [5.41, 5.74) is -1.61. The minimum Gasteiger partial charge on any atom is -0.490 e. The first kappa shape index (κ1) is 35.3. The molecular formula is C32H42BrN7O8. The van der Waals surface area contributed by atoms with Gasteiger partial charge in [0, 0.05) is 24.4 Å². The van der Waals surface area contributed by atoms with Gasteiger partial charge in [0.05, 0.1) is 17.1 Å². The number of halogens is 1. The highest BCUT2D eigenvalue weighted by atomic mass is 79.9. The lowest BCUT2D eigenvalue weighted by atomic mass is 10.0. The number of nitrogens with one attached hydrogen (secondary N) is 2. The number of aliphatic carboxylic acids is 1. The van der Waals surface area contributed by atoms with Gasteiger partial charge in [-0.2, -0.15) is 4.80 Å². The lowest BCUT2D eigenvalue weighted by molar-refractivity contribution is -0.145. The number of amides is 3. The van der Waals surface area contributed by atoms with Gasteiger partial charge in [0.15, 0.2) is 0 Å². The third-order valence-electron chi connectivity index (χ3n) is 8.62. The number of ether oxygens (including phenoxy) is 2. The molecule has 0 unspecified atom stereocenters. The molecule has 5 rings (SSSR count). The highest BCUT2D eigenvalue weighted by Gasteiger charge is 2.61. The van der Waals surface area contributed by atoms with Gasteiger partial charge in [-0.05, 0) is 85.8 Å². The fourth-order valence-corrected chi connectivity index (χ4v) is 6.60. The molecule has 1 aromatic carbocycles. The molecule has 1 aliphatic carbocycles. The van der Waals surface area contributed by atoms with E-state index < -0.39 is 53.1 Å². The first-order valence-corrected chi connectivity index (χ1v) is 17.0. The number of nitrogens with zero attached hydrogens (tertiary/aromatic N) is 5. The highest BCUT2D eigenvalue weighted by molar-refractivity contribution is 9.10. The summed E-state index contributed by atoms with van der Waals surface area (Å²) in [5.74, 6) is -1.73. The van der Waals surface area contributed by atoms with Crippen LogP contribution in [0.5, 0.6) is 5.75 Å². The van der Waals surface area contributed by atoms with Crippen LogP contribution in [0.1, 0.15) is 71.8 Å². The van der Waals surface area contributed by atoms with Crippen molar-refractivity contribution in [2.75, 3.05) is 19.8 Å². The Morgan fingerprint density at radius 3 is 2.71 bits per heavy atom. The largest absolute Gasteiger partial charge is 0.490 e. The van der Waals surface area contributed by atoms with Gasteiger partial charge in [-0.1, -0.05) is 25.0 Å². The van der Waals surface area contributed by atoms with Crippen molar-refractivity contribution in [1.29, 1.82) is 0 Å². The predicted molar refractivity (Wildman–Crippen MR) is 175 cm³/mol. The van der Waals surface area contributed by atoms with Crippen LogP contribution in [-0.4, -0.2) is 102 Å². The lowest BCUT2D eigenvalue weighted by Crippen LogP contribution is -2.56. The summed E-state index contributed by atoms with van der Waals surface area (Å²) in [6, 6.07) is 2.61. The fraction of sp³-hybridized carbons (Fsp3) is 0.594. The quantitative estimate of drug-likeness (QED) is 0.306. The Morgan fingerprint density at radius 1 is 1.21 bits per heavy atom. The second-order valence-electron chi connectivity index (χ2n) is 13.4. The third-order valence-corrected chi connectivity index (χ3v) is 9.24. The molecule has 0 bridgehead atoms. The van der Waals surface area contributed by atoms with Gasteiger partial charge in [0.2, 0.25) is 17.6 Å². The summed E-state index contributed by atoms with van der Waals surface area (Å²) < 4.78 is 11.6. The number of benzene rings is 1. The van der Waals surface area contributed by atoms with Crippen molar-refractivity contribution in [2.24, 2.45) is 5.92 Å². The number of hydrogen-bond acceptors (Lipinski definition) is 10. The number of carbonyl (C=O) groups excluding carboxylic acids is 3. The molecule has 0 spiro atoms. The number of carboxylic acids is 1. The number of alkyl carbamates (subject to hydrolysis) is 1. The number of hydrogen-bond donors (Lipinski definition) is 4. The predicted octanol–water partition coefficient (Wildman–Crippen LogP) is 2.99. The molecule has 4 N–H and O–H groups in total. The average Bonchev–Trinajstić information content (AvgIpc) is 3.32. The van der Waals surface area contributed by atoms with E-state index in [9.17, 15) is 24.3 Å². The smallest absolute Gasteiger partial charge is 0.408 e. The van der Waals surface area contributed by atoms with Crippen LogP contribution < -0.4 is 15.4 Å². The number of aliphatic hydroxyl groups excluding tert-OH is 1. The van der Waals surface area contributed by atoms with Gasteiger partial charge >= 0.3 is 12.1 Å². The van der Waals surface area contributed by atoms with Gasteiger partial charge in [-0.3, -0.25) is 9.59 Å². The van der Waals surface area contributed by atoms with E-state index in [1.54, 1.807) is 39.0 Å². The Bertz CT molecular complexity index is 1560. The topological polar surface area (TPSA) is 198 Å². The maximum absolute atomic E-state index is 14.2. The Hall–Kier alpha value is -4.05. The van der Waals surface area contributed by atoms with E-state index in [1.807, 2.05) is 12.2 Å². The Morgan fingerprint density at radius 2 is 2.00 bits per heavy atom. The highest BCUT2D eigenvalue weighted by Crippen LogP contribution is 2.45. The van der Waals surface area contributed by atoms with Gasteiger partial charge < -0.3 is 35.2 Å². The standard InChI is InChI=1S/C32H42BrN7O8/c1-31(2,3)48-30(46)34-23-10-8-6-4-5-7-9-20-17-32(20,29(44)45)35-27(42)24-16-21(18-39(24)28(23)43)40-37-26(36-38-40)19-11-12-25(22(33)15-19)47-14-13-41/h7,9,11-12,15,20-21,23-24,41H,4-6,8,10,13-14,16-18H2,1-3H3,(H,34,46)(H,35,42)(H,44,45)/b9-7-/t20-,21+,23-,24-,32+/m0/s1. The molecule has 5 atom stereocenters. The second kappa shape index (κ2) is 14.6. The number of fused-ring (bicyclic) bond motifs is 2. The van der Waals surface area contributed by atoms with Gasteiger partial charge in [-0.25, -0.2) is 9.59 Å². The molecular weight excluding hydrogens is 690 g/mol. The zero-order valence-electron chi connectivity index (χ0n) is 27.2. The fourth-order valence-electron chi connectivity index (χ4n) is 6.10. The van der Waals surface area contributed by atoms with Crippen LogP contribution in [0.2, 0.25) is 0 Å². The lowest BCUT2D eigenvalue weighted by Gasteiger charge is -2.30. The van der Waals surface area contributed by atoms with Crippen LogP contribution in [-0.2, 0) is 19.1 Å². The number of carboxylic acid groups (broad SMARTS) is 1. The molecule has 3 heterocycles. The van der Waals surface area contributed by atoms with E-state index in [1.165, 1.54) is 9.70 Å². The molecule has 48 heavy (non-hydrogen) atoms.